The lowest BCUT2D eigenvalue weighted by atomic mass is 9.85. The normalized spacial score (nSPS) is 23.1. The summed E-state index contributed by atoms with van der Waals surface area (Å²) in [6, 6.07) is 0.312. The van der Waals surface area contributed by atoms with Crippen LogP contribution in [0.15, 0.2) is 0 Å². The molecular formula is C16H32N2O3. The third-order valence-electron chi connectivity index (χ3n) is 3.47. The van der Waals surface area contributed by atoms with E-state index in [1.165, 1.54) is 12.8 Å². The Morgan fingerprint density at radius 1 is 1.24 bits per heavy atom. The maximum atomic E-state index is 11.7. The second-order valence-corrected chi connectivity index (χ2v) is 7.36. The molecule has 0 aliphatic heterocycles. The topological polar surface area (TPSA) is 59.6 Å². The summed E-state index contributed by atoms with van der Waals surface area (Å²) in [5, 5.41) is 2.88. The van der Waals surface area contributed by atoms with Crippen LogP contribution in [0.3, 0.4) is 0 Å². The summed E-state index contributed by atoms with van der Waals surface area (Å²) in [5.74, 6) is 0.915. The molecule has 0 aromatic heterocycles. The van der Waals surface area contributed by atoms with Crippen LogP contribution < -0.4 is 10.8 Å². The van der Waals surface area contributed by atoms with Crippen LogP contribution in [-0.2, 0) is 9.57 Å². The Balaban J connectivity index is 2.34. The number of hydrogen-bond donors (Lipinski definition) is 2. The van der Waals surface area contributed by atoms with Crippen molar-refractivity contribution >= 4 is 6.09 Å². The average molecular weight is 300 g/mol. The first kappa shape index (κ1) is 18.2. The molecule has 1 rings (SSSR count). The van der Waals surface area contributed by atoms with Crippen LogP contribution in [0.2, 0.25) is 0 Å². The molecule has 5 heteroatoms. The lowest BCUT2D eigenvalue weighted by Crippen LogP contribution is -2.45. The van der Waals surface area contributed by atoms with Gasteiger partial charge in [0.15, 0.2) is 0 Å². The van der Waals surface area contributed by atoms with E-state index in [4.69, 9.17) is 9.57 Å². The predicted molar refractivity (Wildman–Crippen MR) is 83.9 cm³/mol. The number of ether oxygens (including phenoxy) is 1. The number of hydrogen-bond acceptors (Lipinski definition) is 4. The van der Waals surface area contributed by atoms with Gasteiger partial charge in [-0.3, -0.25) is 0 Å². The van der Waals surface area contributed by atoms with Crippen LogP contribution in [-0.4, -0.2) is 30.9 Å². The molecule has 0 heterocycles. The summed E-state index contributed by atoms with van der Waals surface area (Å²) in [4.78, 5) is 17.3. The van der Waals surface area contributed by atoms with Gasteiger partial charge in [0.25, 0.3) is 0 Å². The second-order valence-electron chi connectivity index (χ2n) is 7.36. The quantitative estimate of drug-likeness (QED) is 0.739. The second kappa shape index (κ2) is 8.59. The first-order chi connectivity index (χ1) is 9.78. The van der Waals surface area contributed by atoms with E-state index in [-0.39, 0.29) is 6.09 Å². The van der Waals surface area contributed by atoms with E-state index >= 15 is 0 Å². The third-order valence-corrected chi connectivity index (χ3v) is 3.47. The highest BCUT2D eigenvalue weighted by Gasteiger charge is 2.26. The first-order valence-electron chi connectivity index (χ1n) is 8.12. The van der Waals surface area contributed by atoms with Crippen LogP contribution in [0.4, 0.5) is 4.79 Å². The van der Waals surface area contributed by atoms with Gasteiger partial charge < -0.3 is 14.9 Å². The van der Waals surface area contributed by atoms with E-state index < -0.39 is 5.60 Å². The Kier molecular flexibility index (Phi) is 7.46. The van der Waals surface area contributed by atoms with E-state index in [1.807, 2.05) is 20.8 Å². The molecule has 0 radical (unpaired) electrons. The van der Waals surface area contributed by atoms with Crippen molar-refractivity contribution in [2.45, 2.75) is 71.9 Å². The highest BCUT2D eigenvalue weighted by Crippen LogP contribution is 2.24. The Hall–Kier alpha value is -0.810. The largest absolute Gasteiger partial charge is 0.444 e. The minimum atomic E-state index is -0.450. The molecule has 0 aromatic carbocycles. The van der Waals surface area contributed by atoms with E-state index in [0.717, 1.165) is 12.8 Å². The Morgan fingerprint density at radius 2 is 1.90 bits per heavy atom. The van der Waals surface area contributed by atoms with Crippen molar-refractivity contribution in [3.8, 4) is 0 Å². The molecule has 2 atom stereocenters. The fourth-order valence-electron chi connectivity index (χ4n) is 2.46. The number of nitrogens with one attached hydrogen (secondary N) is 2. The molecule has 21 heavy (non-hydrogen) atoms. The molecule has 1 amide bonds. The number of rotatable bonds is 6. The Morgan fingerprint density at radius 3 is 2.52 bits per heavy atom. The Labute approximate surface area is 129 Å². The van der Waals surface area contributed by atoms with Crippen LogP contribution in [0.25, 0.3) is 0 Å². The maximum absolute atomic E-state index is 11.7. The van der Waals surface area contributed by atoms with Gasteiger partial charge in [0.2, 0.25) is 0 Å². The number of alkyl carbamates (subject to hydrolysis) is 1. The summed E-state index contributed by atoms with van der Waals surface area (Å²) >= 11 is 0. The molecule has 1 saturated carbocycles. The third kappa shape index (κ3) is 8.27. The van der Waals surface area contributed by atoms with Crippen LogP contribution in [0.5, 0.6) is 0 Å². The smallest absolute Gasteiger partial charge is 0.407 e. The summed E-state index contributed by atoms with van der Waals surface area (Å²) in [6.45, 7) is 11.2. The number of carbonyl (C=O) groups excluding carboxylic acids is 1. The van der Waals surface area contributed by atoms with Gasteiger partial charge in [0, 0.05) is 12.6 Å². The molecule has 124 valence electrons. The molecule has 2 N–H and O–H groups in total. The lowest BCUT2D eigenvalue weighted by molar-refractivity contribution is -0.0216. The van der Waals surface area contributed by atoms with Gasteiger partial charge in [-0.2, -0.15) is 5.48 Å². The van der Waals surface area contributed by atoms with E-state index in [2.05, 4.69) is 24.6 Å². The van der Waals surface area contributed by atoms with E-state index in [9.17, 15) is 4.79 Å². The minimum Gasteiger partial charge on any atom is -0.444 e. The zero-order chi connectivity index (χ0) is 15.9. The van der Waals surface area contributed by atoms with Gasteiger partial charge in [-0.15, -0.1) is 0 Å². The summed E-state index contributed by atoms with van der Waals surface area (Å²) in [6.07, 6.45) is 4.29. The van der Waals surface area contributed by atoms with Crippen LogP contribution in [0.1, 0.15) is 60.3 Å². The first-order valence-corrected chi connectivity index (χ1v) is 8.12. The highest BCUT2D eigenvalue weighted by molar-refractivity contribution is 5.67. The van der Waals surface area contributed by atoms with Crippen molar-refractivity contribution in [2.75, 3.05) is 13.2 Å². The minimum absolute atomic E-state index is 0.312. The summed E-state index contributed by atoms with van der Waals surface area (Å²) in [5.41, 5.74) is 2.73. The Bertz CT molecular complexity index is 313. The lowest BCUT2D eigenvalue weighted by Gasteiger charge is -2.32. The fraction of sp³-hybridized carbons (Fsp3) is 0.938. The molecule has 2 unspecified atom stereocenters. The van der Waals surface area contributed by atoms with Crippen molar-refractivity contribution < 1.29 is 14.4 Å². The van der Waals surface area contributed by atoms with Crippen LogP contribution in [0, 0.1) is 11.8 Å². The van der Waals surface area contributed by atoms with E-state index in [0.29, 0.717) is 31.0 Å². The highest BCUT2D eigenvalue weighted by atomic mass is 16.6. The molecule has 1 fully saturated rings. The van der Waals surface area contributed by atoms with Gasteiger partial charge >= 0.3 is 6.09 Å². The van der Waals surface area contributed by atoms with Crippen molar-refractivity contribution in [3.63, 3.8) is 0 Å². The summed E-state index contributed by atoms with van der Waals surface area (Å²) < 4.78 is 5.27. The molecule has 0 spiro atoms. The van der Waals surface area contributed by atoms with Gasteiger partial charge in [-0.25, -0.2) is 4.79 Å². The molecule has 0 saturated heterocycles. The monoisotopic (exact) mass is 300 g/mol. The van der Waals surface area contributed by atoms with Crippen LogP contribution >= 0.6 is 0 Å². The summed E-state index contributed by atoms with van der Waals surface area (Å²) in [7, 11) is 0. The van der Waals surface area contributed by atoms with Crippen molar-refractivity contribution in [3.05, 3.63) is 0 Å². The SMILES string of the molecule is CC(C)CONC1CCCCC1CNC(=O)OC(C)(C)C. The van der Waals surface area contributed by atoms with Crippen molar-refractivity contribution in [1.82, 2.24) is 10.8 Å². The van der Waals surface area contributed by atoms with Crippen molar-refractivity contribution in [2.24, 2.45) is 11.8 Å². The average Bonchev–Trinajstić information content (AvgIpc) is 2.35. The number of amides is 1. The predicted octanol–water partition coefficient (Wildman–Crippen LogP) is 3.25. The number of hydroxylamine groups is 1. The van der Waals surface area contributed by atoms with Gasteiger partial charge in [0.05, 0.1) is 6.61 Å². The molecule has 0 bridgehead atoms. The van der Waals surface area contributed by atoms with Gasteiger partial charge in [0.1, 0.15) is 5.60 Å². The zero-order valence-corrected chi connectivity index (χ0v) is 14.2. The molecule has 0 aromatic rings. The van der Waals surface area contributed by atoms with Gasteiger partial charge in [-0.1, -0.05) is 26.7 Å². The van der Waals surface area contributed by atoms with E-state index in [1.54, 1.807) is 0 Å². The number of carbonyl (C=O) groups is 1. The molecule has 5 nitrogen and oxygen atoms in total. The van der Waals surface area contributed by atoms with Crippen molar-refractivity contribution in [1.29, 1.82) is 0 Å². The maximum Gasteiger partial charge on any atom is 0.407 e. The molecule has 1 aliphatic carbocycles. The molecule has 1 aliphatic rings. The molecular weight excluding hydrogens is 268 g/mol. The zero-order valence-electron chi connectivity index (χ0n) is 14.2. The van der Waals surface area contributed by atoms with Gasteiger partial charge in [-0.05, 0) is 45.4 Å². The fourth-order valence-corrected chi connectivity index (χ4v) is 2.46. The standard InChI is InChI=1S/C16H32N2O3/c1-12(2)11-20-18-14-9-7-6-8-13(14)10-17-15(19)21-16(3,4)5/h12-14,18H,6-11H2,1-5H3,(H,17,19).